The number of aromatic amines is 1. The molecule has 0 unspecified atom stereocenters. The van der Waals surface area contributed by atoms with Crippen LogP contribution in [0.4, 0.5) is 14.5 Å². The Bertz CT molecular complexity index is 1060. The number of aliphatic hydroxyl groups is 1. The van der Waals surface area contributed by atoms with Crippen molar-refractivity contribution in [3.05, 3.63) is 33.9 Å². The minimum Gasteiger partial charge on any atom is -0.393 e. The number of likely N-dealkylation sites (tertiary alicyclic amines) is 1. The summed E-state index contributed by atoms with van der Waals surface area (Å²) in [7, 11) is 0. The Hall–Kier alpha value is -2.20. The summed E-state index contributed by atoms with van der Waals surface area (Å²) in [5, 5.41) is 12.6. The second-order valence-electron chi connectivity index (χ2n) is 9.03. The summed E-state index contributed by atoms with van der Waals surface area (Å²) in [4.78, 5) is 32.7. The summed E-state index contributed by atoms with van der Waals surface area (Å²) in [5.41, 5.74) is -0.567. The minimum absolute atomic E-state index is 0.00744. The summed E-state index contributed by atoms with van der Waals surface area (Å²) in [6.45, 7) is 3.32. The van der Waals surface area contributed by atoms with Crippen LogP contribution in [0.2, 0.25) is 0 Å². The Balaban J connectivity index is 1.45. The maximum absolute atomic E-state index is 14.7. The molecule has 2 fully saturated rings. The van der Waals surface area contributed by atoms with E-state index in [2.05, 4.69) is 15.3 Å². The van der Waals surface area contributed by atoms with Gasteiger partial charge in [0.2, 0.25) is 5.91 Å². The molecule has 1 aromatic carbocycles. The highest BCUT2D eigenvalue weighted by Gasteiger charge is 2.23. The van der Waals surface area contributed by atoms with Gasteiger partial charge in [0, 0.05) is 31.8 Å². The first-order chi connectivity index (χ1) is 15.8. The first-order valence-corrected chi connectivity index (χ1v) is 12.6. The number of H-pyrrole nitrogens is 1. The van der Waals surface area contributed by atoms with Crippen molar-refractivity contribution in [3.8, 4) is 0 Å². The summed E-state index contributed by atoms with van der Waals surface area (Å²) >= 11 is 1.66. The predicted molar refractivity (Wildman–Crippen MR) is 125 cm³/mol. The van der Waals surface area contributed by atoms with E-state index in [0.29, 0.717) is 36.5 Å². The van der Waals surface area contributed by atoms with Crippen LogP contribution in [-0.2, 0) is 10.5 Å². The smallest absolute Gasteiger partial charge is 0.261 e. The van der Waals surface area contributed by atoms with Crippen molar-refractivity contribution in [2.24, 2.45) is 5.92 Å². The lowest BCUT2D eigenvalue weighted by molar-refractivity contribution is -0.130. The van der Waals surface area contributed by atoms with Crippen LogP contribution in [0.5, 0.6) is 0 Å². The molecule has 1 aromatic heterocycles. The van der Waals surface area contributed by atoms with Crippen LogP contribution in [0.3, 0.4) is 0 Å². The number of amides is 1. The highest BCUT2D eigenvalue weighted by Crippen LogP contribution is 2.31. The van der Waals surface area contributed by atoms with Gasteiger partial charge in [0.1, 0.15) is 11.2 Å². The highest BCUT2D eigenvalue weighted by atomic mass is 32.2. The van der Waals surface area contributed by atoms with Crippen molar-refractivity contribution in [1.29, 1.82) is 0 Å². The Morgan fingerprint density at radius 1 is 1.21 bits per heavy atom. The monoisotopic (exact) mass is 480 g/mol. The van der Waals surface area contributed by atoms with Crippen molar-refractivity contribution < 1.29 is 18.7 Å². The first kappa shape index (κ1) is 23.9. The van der Waals surface area contributed by atoms with Crippen LogP contribution in [0.25, 0.3) is 10.9 Å². The summed E-state index contributed by atoms with van der Waals surface area (Å²) in [5.74, 6) is -1.10. The maximum atomic E-state index is 14.7. The lowest BCUT2D eigenvalue weighted by atomic mass is 9.96. The number of aromatic nitrogens is 2. The zero-order valence-corrected chi connectivity index (χ0v) is 19.5. The van der Waals surface area contributed by atoms with Crippen molar-refractivity contribution in [2.45, 2.75) is 62.6 Å². The number of piperidine rings is 1. The van der Waals surface area contributed by atoms with Crippen LogP contribution in [0.1, 0.15) is 51.3 Å². The molecule has 4 rings (SSSR count). The molecule has 10 heteroatoms. The number of carbonyl (C=O) groups excluding carboxylic acids is 1. The maximum Gasteiger partial charge on any atom is 0.261 e. The van der Waals surface area contributed by atoms with Gasteiger partial charge in [-0.1, -0.05) is 0 Å². The number of thioether (sulfide) groups is 1. The number of nitrogens with zero attached hydrogens (tertiary/aromatic N) is 2. The van der Waals surface area contributed by atoms with Gasteiger partial charge in [-0.05, 0) is 50.5 Å². The third-order valence-electron chi connectivity index (χ3n) is 6.67. The van der Waals surface area contributed by atoms with Crippen molar-refractivity contribution in [3.63, 3.8) is 0 Å². The molecule has 2 aliphatic rings. The summed E-state index contributed by atoms with van der Waals surface area (Å²) in [6.07, 6.45) is 4.71. The first-order valence-electron chi connectivity index (χ1n) is 11.5. The van der Waals surface area contributed by atoms with Gasteiger partial charge in [0.05, 0.1) is 23.1 Å². The van der Waals surface area contributed by atoms with Crippen molar-refractivity contribution in [2.75, 3.05) is 25.0 Å². The summed E-state index contributed by atoms with van der Waals surface area (Å²) < 4.78 is 29.4. The normalized spacial score (nSPS) is 22.0. The van der Waals surface area contributed by atoms with Crippen LogP contribution < -0.4 is 10.9 Å². The molecule has 1 amide bonds. The zero-order chi connectivity index (χ0) is 23.5. The van der Waals surface area contributed by atoms with Crippen LogP contribution >= 0.6 is 11.8 Å². The second kappa shape index (κ2) is 10.4. The number of nitrogens with one attached hydrogen (secondary N) is 2. The molecule has 3 N–H and O–H groups in total. The number of rotatable bonds is 6. The molecule has 0 bridgehead atoms. The number of halogens is 2. The number of anilines is 1. The van der Waals surface area contributed by atoms with Gasteiger partial charge in [0.25, 0.3) is 5.56 Å². The molecular formula is C23H30F2N4O3S. The average molecular weight is 481 g/mol. The highest BCUT2D eigenvalue weighted by molar-refractivity contribution is 7.99. The lowest BCUT2D eigenvalue weighted by Crippen LogP contribution is -2.38. The summed E-state index contributed by atoms with van der Waals surface area (Å²) in [6, 6.07) is 1.40. The van der Waals surface area contributed by atoms with E-state index >= 15 is 0 Å². The Labute approximate surface area is 195 Å². The minimum atomic E-state index is -1.20. The van der Waals surface area contributed by atoms with E-state index in [1.807, 2.05) is 0 Å². The van der Waals surface area contributed by atoms with E-state index in [9.17, 15) is 23.5 Å². The number of hydrogen-bond donors (Lipinski definition) is 3. The van der Waals surface area contributed by atoms with Gasteiger partial charge in [-0.3, -0.25) is 9.59 Å². The Kier molecular flexibility index (Phi) is 7.53. The van der Waals surface area contributed by atoms with E-state index in [0.717, 1.165) is 38.5 Å². The molecule has 33 heavy (non-hydrogen) atoms. The van der Waals surface area contributed by atoms with Crippen molar-refractivity contribution >= 4 is 34.3 Å². The largest absolute Gasteiger partial charge is 0.393 e. The van der Waals surface area contributed by atoms with Gasteiger partial charge in [-0.15, -0.1) is 0 Å². The fourth-order valence-corrected chi connectivity index (χ4v) is 5.73. The molecule has 1 saturated heterocycles. The molecule has 180 valence electrons. The molecule has 2 aromatic rings. The van der Waals surface area contributed by atoms with Gasteiger partial charge in [0.15, 0.2) is 11.6 Å². The predicted octanol–water partition coefficient (Wildman–Crippen LogP) is 3.41. The van der Waals surface area contributed by atoms with Gasteiger partial charge < -0.3 is 20.3 Å². The van der Waals surface area contributed by atoms with E-state index in [1.54, 1.807) is 23.6 Å². The average Bonchev–Trinajstić information content (AvgIpc) is 2.80. The molecular weight excluding hydrogens is 450 g/mol. The molecule has 0 radical (unpaired) electrons. The quantitative estimate of drug-likeness (QED) is 0.586. The van der Waals surface area contributed by atoms with Gasteiger partial charge >= 0.3 is 0 Å². The fourth-order valence-electron chi connectivity index (χ4n) is 4.60. The van der Waals surface area contributed by atoms with Crippen molar-refractivity contribution in [1.82, 2.24) is 14.9 Å². The Morgan fingerprint density at radius 3 is 2.58 bits per heavy atom. The SMILES string of the molecule is CC(=O)N1CCC(CNc2cc3nc(CS[C@H]4CC[C@H](O)CC4)[nH]c(=O)c3c(F)c2F)CC1. The third-order valence-corrected chi connectivity index (χ3v) is 8.05. The van der Waals surface area contributed by atoms with Gasteiger partial charge in [-0.2, -0.15) is 11.8 Å². The van der Waals surface area contributed by atoms with Crippen LogP contribution in [0.15, 0.2) is 10.9 Å². The topological polar surface area (TPSA) is 98.3 Å². The van der Waals surface area contributed by atoms with E-state index in [1.165, 1.54) is 6.07 Å². The van der Waals surface area contributed by atoms with E-state index < -0.39 is 17.2 Å². The number of carbonyl (C=O) groups is 1. The molecule has 1 saturated carbocycles. The molecule has 0 spiro atoms. The molecule has 0 atom stereocenters. The molecule has 1 aliphatic heterocycles. The Morgan fingerprint density at radius 2 is 1.91 bits per heavy atom. The van der Waals surface area contributed by atoms with Gasteiger partial charge in [-0.25, -0.2) is 13.8 Å². The van der Waals surface area contributed by atoms with Crippen LogP contribution in [0, 0.1) is 17.6 Å². The molecule has 1 aliphatic carbocycles. The van der Waals surface area contributed by atoms with Crippen LogP contribution in [-0.4, -0.2) is 56.9 Å². The number of hydrogen-bond acceptors (Lipinski definition) is 6. The van der Waals surface area contributed by atoms with E-state index in [-0.39, 0.29) is 34.5 Å². The lowest BCUT2D eigenvalue weighted by Gasteiger charge is -2.31. The second-order valence-corrected chi connectivity index (χ2v) is 10.3. The number of fused-ring (bicyclic) bond motifs is 1. The molecule has 7 nitrogen and oxygen atoms in total. The zero-order valence-electron chi connectivity index (χ0n) is 18.7. The number of aliphatic hydroxyl groups excluding tert-OH is 1. The van der Waals surface area contributed by atoms with E-state index in [4.69, 9.17) is 0 Å². The molecule has 2 heterocycles. The standard InChI is InChI=1S/C23H30F2N4O3S/c1-13(30)29-8-6-14(7-9-29)11-26-18-10-17-20(22(25)21(18)24)23(32)28-19(27-17)12-33-16-4-2-15(31)3-5-16/h10,14-16,26,31H,2-9,11-12H2,1H3,(H,27,28,32)/t15-,16-. The fraction of sp³-hybridized carbons (Fsp3) is 0.609. The third kappa shape index (κ3) is 5.66. The number of benzene rings is 1.